The van der Waals surface area contributed by atoms with E-state index < -0.39 is 10.0 Å². The van der Waals surface area contributed by atoms with Crippen LogP contribution in [-0.4, -0.2) is 26.6 Å². The molecule has 0 bridgehead atoms. The lowest BCUT2D eigenvalue weighted by atomic mass is 10.1. The number of amides is 1. The third-order valence-electron chi connectivity index (χ3n) is 3.90. The van der Waals surface area contributed by atoms with Crippen LogP contribution in [0.3, 0.4) is 0 Å². The van der Waals surface area contributed by atoms with E-state index >= 15 is 0 Å². The summed E-state index contributed by atoms with van der Waals surface area (Å²) in [5.41, 5.74) is 2.08. The molecular formula is C16H18N2O4S. The Kier molecular flexibility index (Phi) is 4.12. The minimum absolute atomic E-state index is 0.0673. The first-order valence-electron chi connectivity index (χ1n) is 7.45. The third-order valence-corrected chi connectivity index (χ3v) is 5.68. The number of nitrogens with zero attached hydrogens (tertiary/aromatic N) is 1. The van der Waals surface area contributed by atoms with E-state index in [-0.39, 0.29) is 11.7 Å². The first kappa shape index (κ1) is 15.6. The first-order valence-corrected chi connectivity index (χ1v) is 9.06. The molecule has 0 aliphatic carbocycles. The van der Waals surface area contributed by atoms with Crippen LogP contribution < -0.4 is 9.62 Å². The second kappa shape index (κ2) is 6.08. The van der Waals surface area contributed by atoms with Crippen LogP contribution in [0.1, 0.15) is 28.6 Å². The van der Waals surface area contributed by atoms with Crippen LogP contribution in [-0.2, 0) is 23.0 Å². The van der Waals surface area contributed by atoms with Gasteiger partial charge >= 0.3 is 0 Å². The van der Waals surface area contributed by atoms with Crippen molar-refractivity contribution in [3.05, 3.63) is 53.5 Å². The van der Waals surface area contributed by atoms with Gasteiger partial charge in [0.25, 0.3) is 5.91 Å². The van der Waals surface area contributed by atoms with Gasteiger partial charge in [-0.25, -0.2) is 8.42 Å². The molecule has 0 fully saturated rings. The predicted molar refractivity (Wildman–Crippen MR) is 86.8 cm³/mol. The van der Waals surface area contributed by atoms with Gasteiger partial charge in [0.1, 0.15) is 5.76 Å². The van der Waals surface area contributed by atoms with Gasteiger partial charge < -0.3 is 9.73 Å². The molecule has 0 saturated carbocycles. The molecule has 7 heteroatoms. The summed E-state index contributed by atoms with van der Waals surface area (Å²) in [5, 5.41) is 2.78. The van der Waals surface area contributed by atoms with Crippen molar-refractivity contribution in [2.75, 3.05) is 16.6 Å². The molecule has 1 aromatic heterocycles. The number of carbonyl (C=O) groups is 1. The van der Waals surface area contributed by atoms with Crippen molar-refractivity contribution >= 4 is 21.6 Å². The summed E-state index contributed by atoms with van der Waals surface area (Å²) in [5.74, 6) is 0.540. The van der Waals surface area contributed by atoms with Crippen LogP contribution in [0, 0.1) is 0 Å². The van der Waals surface area contributed by atoms with E-state index in [1.54, 1.807) is 43.5 Å². The maximum absolute atomic E-state index is 12.2. The van der Waals surface area contributed by atoms with E-state index in [0.717, 1.165) is 5.56 Å². The summed E-state index contributed by atoms with van der Waals surface area (Å²) in [7, 11) is -3.26. The van der Waals surface area contributed by atoms with Crippen LogP contribution in [0.2, 0.25) is 0 Å². The Labute approximate surface area is 135 Å². The Hall–Kier alpha value is -2.28. The van der Waals surface area contributed by atoms with Crippen molar-refractivity contribution < 1.29 is 17.6 Å². The molecule has 1 aliphatic rings. The highest BCUT2D eigenvalue weighted by molar-refractivity contribution is 7.92. The number of sulfonamides is 1. The molecule has 0 atom stereocenters. The number of furan rings is 1. The number of nitrogens with one attached hydrogen (secondary N) is 1. The minimum Gasteiger partial charge on any atom is -0.467 e. The Balaban J connectivity index is 1.75. The minimum atomic E-state index is -3.26. The van der Waals surface area contributed by atoms with Crippen molar-refractivity contribution in [3.8, 4) is 0 Å². The highest BCUT2D eigenvalue weighted by Gasteiger charge is 2.28. The number of fused-ring (bicyclic) bond motifs is 1. The summed E-state index contributed by atoms with van der Waals surface area (Å²) < 4.78 is 30.7. The maximum Gasteiger partial charge on any atom is 0.251 e. The number of hydrogen-bond donors (Lipinski definition) is 1. The number of rotatable bonds is 5. The second-order valence-corrected chi connectivity index (χ2v) is 7.51. The van der Waals surface area contributed by atoms with Gasteiger partial charge in [-0.1, -0.05) is 0 Å². The standard InChI is InChI=1S/C16H18N2O4S/c1-2-23(20,21)18-8-7-12-10-13(5-6-15(12)18)16(19)17-11-14-4-3-9-22-14/h3-6,9-10H,2,7-8,11H2,1H3,(H,17,19). The average Bonchev–Trinajstić information content (AvgIpc) is 3.21. The molecule has 0 unspecified atom stereocenters. The molecule has 1 N–H and O–H groups in total. The molecule has 23 heavy (non-hydrogen) atoms. The molecule has 0 spiro atoms. The molecule has 3 rings (SSSR count). The first-order chi connectivity index (χ1) is 11.0. The van der Waals surface area contributed by atoms with Crippen molar-refractivity contribution in [2.45, 2.75) is 19.9 Å². The fourth-order valence-corrected chi connectivity index (χ4v) is 3.80. The van der Waals surface area contributed by atoms with E-state index in [9.17, 15) is 13.2 Å². The predicted octanol–water partition coefficient (Wildman–Crippen LogP) is 1.92. The summed E-state index contributed by atoms with van der Waals surface area (Å²) in [6.45, 7) is 2.38. The molecule has 6 nitrogen and oxygen atoms in total. The van der Waals surface area contributed by atoms with Crippen LogP contribution in [0.25, 0.3) is 0 Å². The number of hydrogen-bond acceptors (Lipinski definition) is 4. The summed E-state index contributed by atoms with van der Waals surface area (Å²) in [6.07, 6.45) is 2.17. The van der Waals surface area contributed by atoms with E-state index in [1.165, 1.54) is 4.31 Å². The average molecular weight is 334 g/mol. The Morgan fingerprint density at radius 3 is 2.87 bits per heavy atom. The second-order valence-electron chi connectivity index (χ2n) is 5.33. The molecule has 1 amide bonds. The monoisotopic (exact) mass is 334 g/mol. The number of benzene rings is 1. The zero-order valence-electron chi connectivity index (χ0n) is 12.8. The molecule has 2 heterocycles. The smallest absolute Gasteiger partial charge is 0.251 e. The van der Waals surface area contributed by atoms with Crippen LogP contribution in [0.15, 0.2) is 41.0 Å². The highest BCUT2D eigenvalue weighted by Crippen LogP contribution is 2.31. The van der Waals surface area contributed by atoms with Gasteiger partial charge in [0.15, 0.2) is 0 Å². The van der Waals surface area contributed by atoms with Gasteiger partial charge in [0.05, 0.1) is 24.2 Å². The highest BCUT2D eigenvalue weighted by atomic mass is 32.2. The number of anilines is 1. The topological polar surface area (TPSA) is 79.6 Å². The van der Waals surface area contributed by atoms with Gasteiger partial charge in [-0.15, -0.1) is 0 Å². The summed E-state index contributed by atoms with van der Waals surface area (Å²) >= 11 is 0. The van der Waals surface area contributed by atoms with Crippen molar-refractivity contribution in [1.29, 1.82) is 0 Å². The summed E-state index contributed by atoms with van der Waals surface area (Å²) in [4.78, 5) is 12.2. The molecule has 0 saturated heterocycles. The van der Waals surface area contributed by atoms with Crippen molar-refractivity contribution in [2.24, 2.45) is 0 Å². The Morgan fingerprint density at radius 2 is 2.17 bits per heavy atom. The van der Waals surface area contributed by atoms with Crippen LogP contribution in [0.4, 0.5) is 5.69 Å². The molecule has 0 radical (unpaired) electrons. The maximum atomic E-state index is 12.2. The zero-order valence-corrected chi connectivity index (χ0v) is 13.6. The van der Waals surface area contributed by atoms with E-state index in [4.69, 9.17) is 4.42 Å². The van der Waals surface area contributed by atoms with E-state index in [1.807, 2.05) is 0 Å². The SMILES string of the molecule is CCS(=O)(=O)N1CCc2cc(C(=O)NCc3ccco3)ccc21. The molecule has 1 aromatic carbocycles. The molecular weight excluding hydrogens is 316 g/mol. The lowest BCUT2D eigenvalue weighted by Crippen LogP contribution is -2.30. The van der Waals surface area contributed by atoms with Gasteiger partial charge in [-0.2, -0.15) is 0 Å². The lowest BCUT2D eigenvalue weighted by molar-refractivity contribution is 0.0948. The molecule has 1 aliphatic heterocycles. The van der Waals surface area contributed by atoms with Gasteiger partial charge in [-0.05, 0) is 49.2 Å². The summed E-state index contributed by atoms with van der Waals surface area (Å²) in [6, 6.07) is 8.67. The van der Waals surface area contributed by atoms with Gasteiger partial charge in [-0.3, -0.25) is 9.10 Å². The fourth-order valence-electron chi connectivity index (χ4n) is 2.64. The van der Waals surface area contributed by atoms with Crippen molar-refractivity contribution in [3.63, 3.8) is 0 Å². The van der Waals surface area contributed by atoms with Gasteiger partial charge in [0.2, 0.25) is 10.0 Å². The zero-order chi connectivity index (χ0) is 16.4. The fraction of sp³-hybridized carbons (Fsp3) is 0.312. The van der Waals surface area contributed by atoms with Crippen LogP contribution >= 0.6 is 0 Å². The van der Waals surface area contributed by atoms with Gasteiger partial charge in [0, 0.05) is 12.1 Å². The van der Waals surface area contributed by atoms with Crippen LogP contribution in [0.5, 0.6) is 0 Å². The normalized spacial score (nSPS) is 13.9. The largest absolute Gasteiger partial charge is 0.467 e. The quantitative estimate of drug-likeness (QED) is 0.906. The van der Waals surface area contributed by atoms with E-state index in [0.29, 0.717) is 36.5 Å². The molecule has 122 valence electrons. The van der Waals surface area contributed by atoms with Crippen molar-refractivity contribution in [1.82, 2.24) is 5.32 Å². The molecule has 2 aromatic rings. The Morgan fingerprint density at radius 1 is 1.35 bits per heavy atom. The number of carbonyl (C=O) groups excluding carboxylic acids is 1. The third kappa shape index (κ3) is 3.10. The van der Waals surface area contributed by atoms with E-state index in [2.05, 4.69) is 5.32 Å². The lowest BCUT2D eigenvalue weighted by Gasteiger charge is -2.18. The Bertz CT molecular complexity index is 813.